The lowest BCUT2D eigenvalue weighted by Crippen LogP contribution is -2.08. The van der Waals surface area contributed by atoms with E-state index in [0.29, 0.717) is 0 Å². The predicted molar refractivity (Wildman–Crippen MR) is 105 cm³/mol. The Morgan fingerprint density at radius 3 is 2.04 bits per heavy atom. The molecule has 0 aromatic heterocycles. The second-order valence-electron chi connectivity index (χ2n) is 5.52. The number of hydrogen-bond acceptors (Lipinski definition) is 1. The van der Waals surface area contributed by atoms with Gasteiger partial charge in [0.05, 0.1) is 0 Å². The van der Waals surface area contributed by atoms with Gasteiger partial charge in [-0.15, -0.1) is 0 Å². The third kappa shape index (κ3) is 2.39. The summed E-state index contributed by atoms with van der Waals surface area (Å²) in [5, 5.41) is 6.75. The SMILES string of the molecule is O=C(c1cc2c3ccccc3ccc2c2ccccc12)C(Br)Br. The number of benzene rings is 4. The summed E-state index contributed by atoms with van der Waals surface area (Å²) in [5.41, 5.74) is 0.739. The average molecular weight is 428 g/mol. The van der Waals surface area contributed by atoms with Crippen molar-refractivity contribution in [2.24, 2.45) is 0 Å². The van der Waals surface area contributed by atoms with Crippen LogP contribution < -0.4 is 0 Å². The molecule has 0 bridgehead atoms. The van der Waals surface area contributed by atoms with Gasteiger partial charge >= 0.3 is 0 Å². The molecule has 0 aliphatic carbocycles. The van der Waals surface area contributed by atoms with Crippen LogP contribution in [0.1, 0.15) is 10.4 Å². The lowest BCUT2D eigenvalue weighted by molar-refractivity contribution is 0.101. The third-order valence-electron chi connectivity index (χ3n) is 4.23. The minimum Gasteiger partial charge on any atom is -0.292 e. The molecule has 23 heavy (non-hydrogen) atoms. The number of rotatable bonds is 2. The molecule has 0 radical (unpaired) electrons. The van der Waals surface area contributed by atoms with Gasteiger partial charge in [-0.1, -0.05) is 92.5 Å². The Hall–Kier alpha value is -1.71. The molecule has 4 aromatic carbocycles. The second kappa shape index (κ2) is 5.73. The molecule has 0 spiro atoms. The van der Waals surface area contributed by atoms with Crippen molar-refractivity contribution in [2.45, 2.75) is 3.74 Å². The van der Waals surface area contributed by atoms with E-state index in [0.717, 1.165) is 21.7 Å². The number of alkyl halides is 2. The van der Waals surface area contributed by atoms with Crippen LogP contribution in [0.25, 0.3) is 32.3 Å². The standard InChI is InChI=1S/C20H12Br2O/c21-20(22)19(23)18-11-17-13-6-2-1-5-12(13)9-10-16(17)14-7-3-4-8-15(14)18/h1-11,20H. The summed E-state index contributed by atoms with van der Waals surface area (Å²) in [7, 11) is 0. The topological polar surface area (TPSA) is 17.1 Å². The van der Waals surface area contributed by atoms with Crippen LogP contribution in [-0.2, 0) is 0 Å². The Bertz CT molecular complexity index is 1070. The molecule has 4 rings (SSSR count). The molecule has 0 N–H and O–H groups in total. The molecule has 1 nitrogen and oxygen atoms in total. The fourth-order valence-corrected chi connectivity index (χ4v) is 3.68. The summed E-state index contributed by atoms with van der Waals surface area (Å²) in [6.45, 7) is 0. The fraction of sp³-hybridized carbons (Fsp3) is 0.0500. The van der Waals surface area contributed by atoms with Crippen LogP contribution in [0, 0.1) is 0 Å². The summed E-state index contributed by atoms with van der Waals surface area (Å²) in [6.07, 6.45) is 0. The van der Waals surface area contributed by atoms with Crippen molar-refractivity contribution in [3.8, 4) is 0 Å². The number of ketones is 1. The molecule has 0 fully saturated rings. The molecule has 0 heterocycles. The summed E-state index contributed by atoms with van der Waals surface area (Å²) < 4.78 is -0.383. The first-order valence-electron chi connectivity index (χ1n) is 7.32. The van der Waals surface area contributed by atoms with Crippen LogP contribution in [0.5, 0.6) is 0 Å². The van der Waals surface area contributed by atoms with Crippen LogP contribution in [0.2, 0.25) is 0 Å². The summed E-state index contributed by atoms with van der Waals surface area (Å²) in [6, 6.07) is 22.7. The quantitative estimate of drug-likeness (QED) is 0.204. The lowest BCUT2D eigenvalue weighted by Gasteiger charge is -2.12. The molecule has 112 valence electrons. The van der Waals surface area contributed by atoms with Crippen molar-refractivity contribution in [2.75, 3.05) is 0 Å². The van der Waals surface area contributed by atoms with Gasteiger partial charge in [-0.05, 0) is 38.4 Å². The highest BCUT2D eigenvalue weighted by Crippen LogP contribution is 2.34. The van der Waals surface area contributed by atoms with E-state index in [1.807, 2.05) is 36.4 Å². The summed E-state index contributed by atoms with van der Waals surface area (Å²) >= 11 is 6.69. The van der Waals surface area contributed by atoms with Crippen LogP contribution in [-0.4, -0.2) is 9.52 Å². The molecule has 0 aliphatic heterocycles. The van der Waals surface area contributed by atoms with Crippen LogP contribution in [0.3, 0.4) is 0 Å². The molecule has 0 amide bonds. The molecular formula is C20H12Br2O. The van der Waals surface area contributed by atoms with E-state index >= 15 is 0 Å². The zero-order valence-corrected chi connectivity index (χ0v) is 15.3. The molecule has 0 atom stereocenters. The molecule has 0 aliphatic rings. The monoisotopic (exact) mass is 426 g/mol. The van der Waals surface area contributed by atoms with Gasteiger partial charge in [0.1, 0.15) is 3.74 Å². The van der Waals surface area contributed by atoms with E-state index in [1.54, 1.807) is 0 Å². The maximum Gasteiger partial charge on any atom is 0.187 e. The van der Waals surface area contributed by atoms with Gasteiger partial charge in [0.15, 0.2) is 5.78 Å². The highest BCUT2D eigenvalue weighted by molar-refractivity contribution is 9.25. The number of carbonyl (C=O) groups excluding carboxylic acids is 1. The van der Waals surface area contributed by atoms with E-state index in [9.17, 15) is 4.79 Å². The van der Waals surface area contributed by atoms with Crippen LogP contribution in [0.4, 0.5) is 0 Å². The van der Waals surface area contributed by atoms with Crippen LogP contribution in [0.15, 0.2) is 66.7 Å². The Morgan fingerprint density at radius 1 is 0.696 bits per heavy atom. The maximum absolute atomic E-state index is 12.6. The smallest absolute Gasteiger partial charge is 0.187 e. The first-order valence-corrected chi connectivity index (χ1v) is 9.15. The molecular weight excluding hydrogens is 416 g/mol. The van der Waals surface area contributed by atoms with E-state index in [1.165, 1.54) is 16.2 Å². The van der Waals surface area contributed by atoms with E-state index in [4.69, 9.17) is 0 Å². The van der Waals surface area contributed by atoms with E-state index in [-0.39, 0.29) is 9.52 Å². The summed E-state index contributed by atoms with van der Waals surface area (Å²) in [4.78, 5) is 12.6. The Morgan fingerprint density at radius 2 is 1.30 bits per heavy atom. The number of hydrogen-bond donors (Lipinski definition) is 0. The average Bonchev–Trinajstić information content (AvgIpc) is 2.60. The fourth-order valence-electron chi connectivity index (χ4n) is 3.18. The third-order valence-corrected chi connectivity index (χ3v) is 5.06. The van der Waals surface area contributed by atoms with Crippen LogP contribution >= 0.6 is 31.9 Å². The van der Waals surface area contributed by atoms with Gasteiger partial charge in [-0.2, -0.15) is 0 Å². The zero-order valence-electron chi connectivity index (χ0n) is 12.1. The zero-order chi connectivity index (χ0) is 16.0. The summed E-state index contributed by atoms with van der Waals surface area (Å²) in [5.74, 6) is 0.0380. The predicted octanol–water partition coefficient (Wildman–Crippen LogP) is 6.44. The Labute approximate surface area is 150 Å². The molecule has 0 saturated carbocycles. The van der Waals surface area contributed by atoms with E-state index in [2.05, 4.69) is 62.2 Å². The van der Waals surface area contributed by atoms with Gasteiger partial charge in [-0.25, -0.2) is 0 Å². The largest absolute Gasteiger partial charge is 0.292 e. The Balaban J connectivity index is 2.23. The normalized spacial score (nSPS) is 11.6. The first-order chi connectivity index (χ1) is 11.2. The van der Waals surface area contributed by atoms with Gasteiger partial charge in [-0.3, -0.25) is 4.79 Å². The van der Waals surface area contributed by atoms with Gasteiger partial charge in [0.2, 0.25) is 0 Å². The molecule has 0 unspecified atom stereocenters. The molecule has 3 heteroatoms. The first kappa shape index (κ1) is 14.9. The van der Waals surface area contributed by atoms with Gasteiger partial charge < -0.3 is 0 Å². The number of fused-ring (bicyclic) bond motifs is 5. The minimum absolute atomic E-state index is 0.0380. The molecule has 0 saturated heterocycles. The number of carbonyl (C=O) groups is 1. The van der Waals surface area contributed by atoms with Gasteiger partial charge in [0, 0.05) is 5.56 Å². The number of halogens is 2. The van der Waals surface area contributed by atoms with Crippen molar-refractivity contribution >= 4 is 70.0 Å². The Kier molecular flexibility index (Phi) is 3.70. The highest BCUT2D eigenvalue weighted by atomic mass is 79.9. The lowest BCUT2D eigenvalue weighted by atomic mass is 9.92. The molecule has 4 aromatic rings. The minimum atomic E-state index is -0.383. The van der Waals surface area contributed by atoms with Crippen molar-refractivity contribution in [1.29, 1.82) is 0 Å². The van der Waals surface area contributed by atoms with Crippen molar-refractivity contribution in [1.82, 2.24) is 0 Å². The van der Waals surface area contributed by atoms with Crippen molar-refractivity contribution in [3.05, 3.63) is 72.3 Å². The highest BCUT2D eigenvalue weighted by Gasteiger charge is 2.18. The second-order valence-corrected chi connectivity index (χ2v) is 8.58. The van der Waals surface area contributed by atoms with Crippen molar-refractivity contribution < 1.29 is 4.79 Å². The van der Waals surface area contributed by atoms with E-state index < -0.39 is 0 Å². The van der Waals surface area contributed by atoms with Gasteiger partial charge in [0.25, 0.3) is 0 Å². The maximum atomic E-state index is 12.6. The van der Waals surface area contributed by atoms with Crippen molar-refractivity contribution in [3.63, 3.8) is 0 Å². The number of Topliss-reactive ketones (excluding diaryl/α,β-unsaturated/α-hetero) is 1.